The number of aliphatic hydroxyl groups excluding tert-OH is 1. The minimum atomic E-state index is -0.397. The van der Waals surface area contributed by atoms with Crippen LogP contribution < -0.4 is 0 Å². The third-order valence-electron chi connectivity index (χ3n) is 3.56. The third-order valence-corrected chi connectivity index (χ3v) is 3.56. The highest BCUT2D eigenvalue weighted by molar-refractivity contribution is 5.57. The normalized spacial score (nSPS) is 21.6. The van der Waals surface area contributed by atoms with Gasteiger partial charge in [0.15, 0.2) is 0 Å². The highest BCUT2D eigenvalue weighted by Gasteiger charge is 2.23. The maximum Gasteiger partial charge on any atom is 0.0861 e. The van der Waals surface area contributed by atoms with Gasteiger partial charge in [0.1, 0.15) is 0 Å². The Morgan fingerprint density at radius 3 is 2.44 bits per heavy atom. The summed E-state index contributed by atoms with van der Waals surface area (Å²) in [5, 5.41) is 10.4. The molecule has 0 fully saturated rings. The fourth-order valence-electron chi connectivity index (χ4n) is 2.56. The van der Waals surface area contributed by atoms with E-state index in [0.29, 0.717) is 0 Å². The van der Waals surface area contributed by atoms with Crippen LogP contribution in [0, 0.1) is 5.92 Å². The molecule has 1 heteroatoms. The summed E-state index contributed by atoms with van der Waals surface area (Å²) in [6.07, 6.45) is 4.73. The lowest BCUT2D eigenvalue weighted by atomic mass is 9.83. The van der Waals surface area contributed by atoms with Crippen LogP contribution in [-0.4, -0.2) is 5.11 Å². The van der Waals surface area contributed by atoms with E-state index in [1.807, 2.05) is 42.5 Å². The molecule has 3 rings (SSSR count). The molecule has 1 aliphatic carbocycles. The summed E-state index contributed by atoms with van der Waals surface area (Å²) >= 11 is 0. The molecule has 0 aromatic heterocycles. The van der Waals surface area contributed by atoms with Crippen LogP contribution in [0.5, 0.6) is 0 Å². The quantitative estimate of drug-likeness (QED) is 0.844. The minimum Gasteiger partial charge on any atom is -0.388 e. The molecule has 2 aromatic rings. The lowest BCUT2D eigenvalue weighted by Gasteiger charge is -2.25. The second-order valence-electron chi connectivity index (χ2n) is 4.79. The third kappa shape index (κ3) is 2.09. The topological polar surface area (TPSA) is 20.2 Å². The zero-order valence-electron chi connectivity index (χ0n) is 10.2. The Morgan fingerprint density at radius 2 is 1.61 bits per heavy atom. The number of hydrogen-bond donors (Lipinski definition) is 1. The molecule has 1 N–H and O–H groups in total. The van der Waals surface area contributed by atoms with E-state index >= 15 is 0 Å². The first-order valence-electron chi connectivity index (χ1n) is 6.34. The van der Waals surface area contributed by atoms with Gasteiger partial charge in [-0.1, -0.05) is 66.7 Å². The van der Waals surface area contributed by atoms with Crippen LogP contribution in [0.2, 0.25) is 0 Å². The summed E-state index contributed by atoms with van der Waals surface area (Å²) in [4.78, 5) is 0. The van der Waals surface area contributed by atoms with Crippen molar-refractivity contribution in [2.24, 2.45) is 5.92 Å². The zero-order chi connectivity index (χ0) is 12.4. The van der Waals surface area contributed by atoms with Crippen molar-refractivity contribution in [3.63, 3.8) is 0 Å². The average Bonchev–Trinajstić information content (AvgIpc) is 2.43. The van der Waals surface area contributed by atoms with E-state index in [2.05, 4.69) is 24.3 Å². The molecule has 1 nitrogen and oxygen atoms in total. The van der Waals surface area contributed by atoms with Gasteiger partial charge < -0.3 is 5.11 Å². The summed E-state index contributed by atoms with van der Waals surface area (Å²) < 4.78 is 0. The van der Waals surface area contributed by atoms with Gasteiger partial charge in [-0.05, 0) is 23.1 Å². The Labute approximate surface area is 107 Å². The average molecular weight is 236 g/mol. The lowest BCUT2D eigenvalue weighted by molar-refractivity contribution is 0.130. The van der Waals surface area contributed by atoms with Gasteiger partial charge in [-0.15, -0.1) is 0 Å². The number of hydrogen-bond acceptors (Lipinski definition) is 1. The second kappa shape index (κ2) is 4.79. The summed E-state index contributed by atoms with van der Waals surface area (Å²) in [7, 11) is 0. The van der Waals surface area contributed by atoms with Gasteiger partial charge in [0, 0.05) is 5.92 Å². The van der Waals surface area contributed by atoms with Crippen molar-refractivity contribution in [1.82, 2.24) is 0 Å². The molecule has 2 atom stereocenters. The second-order valence-corrected chi connectivity index (χ2v) is 4.79. The molecule has 2 aromatic carbocycles. The van der Waals surface area contributed by atoms with Crippen LogP contribution in [0.1, 0.15) is 22.8 Å². The van der Waals surface area contributed by atoms with E-state index in [1.54, 1.807) is 0 Å². The Hall–Kier alpha value is -1.86. The van der Waals surface area contributed by atoms with Gasteiger partial charge in [-0.25, -0.2) is 0 Å². The van der Waals surface area contributed by atoms with Gasteiger partial charge in [0.05, 0.1) is 6.10 Å². The summed E-state index contributed by atoms with van der Waals surface area (Å²) in [5.74, 6) is 0.169. The van der Waals surface area contributed by atoms with Crippen LogP contribution in [0.15, 0.2) is 60.7 Å². The van der Waals surface area contributed by atoms with E-state index in [9.17, 15) is 5.11 Å². The van der Waals surface area contributed by atoms with Crippen molar-refractivity contribution >= 4 is 6.08 Å². The molecule has 0 heterocycles. The molecule has 18 heavy (non-hydrogen) atoms. The zero-order valence-corrected chi connectivity index (χ0v) is 10.2. The predicted molar refractivity (Wildman–Crippen MR) is 74.1 cm³/mol. The highest BCUT2D eigenvalue weighted by Crippen LogP contribution is 2.33. The smallest absolute Gasteiger partial charge is 0.0861 e. The first-order chi connectivity index (χ1) is 8.84. The van der Waals surface area contributed by atoms with E-state index in [-0.39, 0.29) is 5.92 Å². The van der Waals surface area contributed by atoms with Gasteiger partial charge in [-0.3, -0.25) is 0 Å². The number of rotatable bonds is 2. The Balaban J connectivity index is 1.85. The predicted octanol–water partition coefficient (Wildman–Crippen LogP) is 3.61. The molecule has 0 saturated carbocycles. The van der Waals surface area contributed by atoms with Gasteiger partial charge in [0.2, 0.25) is 0 Å². The Bertz CT molecular complexity index is 557. The fraction of sp³-hybridized carbons (Fsp3) is 0.176. The van der Waals surface area contributed by atoms with E-state index in [1.165, 1.54) is 5.56 Å². The van der Waals surface area contributed by atoms with Gasteiger partial charge in [-0.2, -0.15) is 0 Å². The molecule has 90 valence electrons. The van der Waals surface area contributed by atoms with Crippen molar-refractivity contribution in [2.45, 2.75) is 12.5 Å². The number of aliphatic hydroxyl groups is 1. The molecule has 0 radical (unpaired) electrons. The summed E-state index contributed by atoms with van der Waals surface area (Å²) in [5.41, 5.74) is 3.45. The summed E-state index contributed by atoms with van der Waals surface area (Å²) in [6, 6.07) is 18.4. The van der Waals surface area contributed by atoms with Crippen LogP contribution in [-0.2, 0) is 6.42 Å². The van der Waals surface area contributed by atoms with E-state index in [4.69, 9.17) is 0 Å². The van der Waals surface area contributed by atoms with Crippen molar-refractivity contribution < 1.29 is 5.11 Å². The maximum atomic E-state index is 10.4. The molecular weight excluding hydrogens is 220 g/mol. The van der Waals surface area contributed by atoms with Crippen molar-refractivity contribution in [3.05, 3.63) is 77.4 Å². The minimum absolute atomic E-state index is 0.169. The Morgan fingerprint density at radius 1 is 0.889 bits per heavy atom. The molecule has 0 aliphatic heterocycles. The molecule has 0 amide bonds. The van der Waals surface area contributed by atoms with Crippen LogP contribution in [0.4, 0.5) is 0 Å². The van der Waals surface area contributed by atoms with Crippen LogP contribution in [0.25, 0.3) is 6.08 Å². The van der Waals surface area contributed by atoms with Crippen molar-refractivity contribution in [3.8, 4) is 0 Å². The molecule has 0 saturated heterocycles. The number of benzene rings is 2. The van der Waals surface area contributed by atoms with Crippen LogP contribution >= 0.6 is 0 Å². The molecule has 0 bridgehead atoms. The lowest BCUT2D eigenvalue weighted by Crippen LogP contribution is -2.17. The first kappa shape index (κ1) is 11.2. The standard InChI is InChI=1S/C17H16O/c18-17-15(12-13-6-2-1-3-7-13)11-10-14-8-4-5-9-16(14)17/h1-11,15,17-18H,12H2/t15-,17+/m1/s1. The molecule has 0 spiro atoms. The SMILES string of the molecule is O[C@@H]1c2ccccc2C=C[C@@H]1Cc1ccccc1. The number of fused-ring (bicyclic) bond motifs is 1. The molecular formula is C17H16O. The van der Waals surface area contributed by atoms with Crippen molar-refractivity contribution in [2.75, 3.05) is 0 Å². The Kier molecular flexibility index (Phi) is 2.99. The fourth-order valence-corrected chi connectivity index (χ4v) is 2.56. The van der Waals surface area contributed by atoms with E-state index < -0.39 is 6.10 Å². The van der Waals surface area contributed by atoms with Gasteiger partial charge >= 0.3 is 0 Å². The van der Waals surface area contributed by atoms with Crippen LogP contribution in [0.3, 0.4) is 0 Å². The first-order valence-corrected chi connectivity index (χ1v) is 6.34. The molecule has 0 unspecified atom stereocenters. The maximum absolute atomic E-state index is 10.4. The highest BCUT2D eigenvalue weighted by atomic mass is 16.3. The van der Waals surface area contributed by atoms with Gasteiger partial charge in [0.25, 0.3) is 0 Å². The van der Waals surface area contributed by atoms with E-state index in [0.717, 1.165) is 17.5 Å². The monoisotopic (exact) mass is 236 g/mol. The van der Waals surface area contributed by atoms with Crippen molar-refractivity contribution in [1.29, 1.82) is 0 Å². The molecule has 1 aliphatic rings. The largest absolute Gasteiger partial charge is 0.388 e. The summed E-state index contributed by atoms with van der Waals surface area (Å²) in [6.45, 7) is 0.